The van der Waals surface area contributed by atoms with Crippen LogP contribution in [0.25, 0.3) is 0 Å². The molecule has 1 aliphatic carbocycles. The second-order valence-electron chi connectivity index (χ2n) is 6.08. The Morgan fingerprint density at radius 3 is 2.71 bits per heavy atom. The molecule has 1 aliphatic rings. The van der Waals surface area contributed by atoms with E-state index in [1.54, 1.807) is 11.1 Å². The molecule has 0 spiro atoms. The second kappa shape index (κ2) is 5.22. The van der Waals surface area contributed by atoms with Crippen LogP contribution < -0.4 is 5.32 Å². The van der Waals surface area contributed by atoms with Gasteiger partial charge in [0.2, 0.25) is 0 Å². The molecule has 0 aliphatic heterocycles. The van der Waals surface area contributed by atoms with Crippen molar-refractivity contribution < 1.29 is 0 Å². The largest absolute Gasteiger partial charge is 0.316 e. The standard InChI is InChI=1S/C16H25N/c1-4-17-12-16(2,3)11-13-8-9-14-6-5-7-15(14)10-13/h8-10,17H,4-7,11-12H2,1-3H3. The number of rotatable bonds is 5. The van der Waals surface area contributed by atoms with E-state index >= 15 is 0 Å². The van der Waals surface area contributed by atoms with Gasteiger partial charge in [0.25, 0.3) is 0 Å². The van der Waals surface area contributed by atoms with Gasteiger partial charge in [-0.2, -0.15) is 0 Å². The number of nitrogens with one attached hydrogen (secondary N) is 1. The minimum Gasteiger partial charge on any atom is -0.316 e. The smallest absolute Gasteiger partial charge is 0.000559 e. The van der Waals surface area contributed by atoms with Crippen molar-refractivity contribution in [2.45, 2.75) is 46.5 Å². The normalized spacial score (nSPS) is 15.0. The van der Waals surface area contributed by atoms with Gasteiger partial charge in [0.15, 0.2) is 0 Å². The first kappa shape index (κ1) is 12.6. The Bertz CT molecular complexity index is 379. The Kier molecular flexibility index (Phi) is 3.88. The van der Waals surface area contributed by atoms with E-state index < -0.39 is 0 Å². The third-order valence-electron chi connectivity index (χ3n) is 3.70. The van der Waals surface area contributed by atoms with Crippen molar-refractivity contribution in [2.75, 3.05) is 13.1 Å². The monoisotopic (exact) mass is 231 g/mol. The van der Waals surface area contributed by atoms with Crippen LogP contribution in [0, 0.1) is 5.41 Å². The van der Waals surface area contributed by atoms with Crippen molar-refractivity contribution in [3.05, 3.63) is 34.9 Å². The lowest BCUT2D eigenvalue weighted by molar-refractivity contribution is 0.342. The molecule has 0 radical (unpaired) electrons. The van der Waals surface area contributed by atoms with Crippen LogP contribution in [0.5, 0.6) is 0 Å². The lowest BCUT2D eigenvalue weighted by Gasteiger charge is -2.25. The van der Waals surface area contributed by atoms with Gasteiger partial charge in [0.1, 0.15) is 0 Å². The Hall–Kier alpha value is -0.820. The van der Waals surface area contributed by atoms with Gasteiger partial charge in [0.05, 0.1) is 0 Å². The third kappa shape index (κ3) is 3.32. The van der Waals surface area contributed by atoms with Crippen LogP contribution in [0.4, 0.5) is 0 Å². The maximum atomic E-state index is 3.46. The second-order valence-corrected chi connectivity index (χ2v) is 6.08. The number of aryl methyl sites for hydroxylation is 2. The SMILES string of the molecule is CCNCC(C)(C)Cc1ccc2c(c1)CCC2. The van der Waals surface area contributed by atoms with Crippen LogP contribution in [0.15, 0.2) is 18.2 Å². The molecule has 0 amide bonds. The molecule has 0 atom stereocenters. The highest BCUT2D eigenvalue weighted by atomic mass is 14.9. The van der Waals surface area contributed by atoms with Crippen LogP contribution in [0.1, 0.15) is 43.9 Å². The summed E-state index contributed by atoms with van der Waals surface area (Å²) in [5.41, 5.74) is 5.04. The Morgan fingerprint density at radius 2 is 1.94 bits per heavy atom. The van der Waals surface area contributed by atoms with Crippen molar-refractivity contribution in [3.8, 4) is 0 Å². The summed E-state index contributed by atoms with van der Waals surface area (Å²) in [6.07, 6.45) is 5.10. The molecule has 0 saturated heterocycles. The molecule has 1 nitrogen and oxygen atoms in total. The molecule has 0 unspecified atom stereocenters. The van der Waals surface area contributed by atoms with E-state index in [2.05, 4.69) is 44.3 Å². The quantitative estimate of drug-likeness (QED) is 0.819. The predicted molar refractivity (Wildman–Crippen MR) is 74.5 cm³/mol. The zero-order valence-electron chi connectivity index (χ0n) is 11.5. The van der Waals surface area contributed by atoms with Crippen LogP contribution in [0.2, 0.25) is 0 Å². The molecule has 0 saturated carbocycles. The first-order valence-electron chi connectivity index (χ1n) is 6.92. The van der Waals surface area contributed by atoms with Crippen molar-refractivity contribution >= 4 is 0 Å². The van der Waals surface area contributed by atoms with Crippen molar-refractivity contribution in [2.24, 2.45) is 5.41 Å². The van der Waals surface area contributed by atoms with Gasteiger partial charge in [-0.25, -0.2) is 0 Å². The van der Waals surface area contributed by atoms with Crippen LogP contribution in [-0.2, 0) is 19.3 Å². The average molecular weight is 231 g/mol. The van der Waals surface area contributed by atoms with E-state index in [-0.39, 0.29) is 0 Å². The lowest BCUT2D eigenvalue weighted by atomic mass is 9.85. The van der Waals surface area contributed by atoms with E-state index in [4.69, 9.17) is 0 Å². The molecule has 0 bridgehead atoms. The molecule has 2 rings (SSSR count). The topological polar surface area (TPSA) is 12.0 Å². The molecule has 17 heavy (non-hydrogen) atoms. The number of hydrogen-bond acceptors (Lipinski definition) is 1. The fourth-order valence-electron chi connectivity index (χ4n) is 2.81. The van der Waals surface area contributed by atoms with Crippen LogP contribution >= 0.6 is 0 Å². The van der Waals surface area contributed by atoms with E-state index in [1.165, 1.54) is 31.2 Å². The summed E-state index contributed by atoms with van der Waals surface area (Å²) in [4.78, 5) is 0. The molecule has 1 aromatic rings. The Balaban J connectivity index is 2.03. The van der Waals surface area contributed by atoms with Gasteiger partial charge in [-0.3, -0.25) is 0 Å². The van der Waals surface area contributed by atoms with E-state index in [1.807, 2.05) is 0 Å². The summed E-state index contributed by atoms with van der Waals surface area (Å²) in [6, 6.07) is 7.12. The summed E-state index contributed by atoms with van der Waals surface area (Å²) in [5, 5.41) is 3.46. The van der Waals surface area contributed by atoms with Gasteiger partial charge in [-0.05, 0) is 54.3 Å². The minimum absolute atomic E-state index is 0.350. The summed E-state index contributed by atoms with van der Waals surface area (Å²) in [5.74, 6) is 0. The fraction of sp³-hybridized carbons (Fsp3) is 0.625. The first-order chi connectivity index (χ1) is 8.11. The van der Waals surface area contributed by atoms with E-state index in [0.29, 0.717) is 5.41 Å². The van der Waals surface area contributed by atoms with E-state index in [9.17, 15) is 0 Å². The number of hydrogen-bond donors (Lipinski definition) is 1. The zero-order chi connectivity index (χ0) is 12.3. The van der Waals surface area contributed by atoms with Crippen molar-refractivity contribution in [1.82, 2.24) is 5.32 Å². The van der Waals surface area contributed by atoms with Crippen molar-refractivity contribution in [1.29, 1.82) is 0 Å². The fourth-order valence-corrected chi connectivity index (χ4v) is 2.81. The highest BCUT2D eigenvalue weighted by Gasteiger charge is 2.19. The number of benzene rings is 1. The third-order valence-corrected chi connectivity index (χ3v) is 3.70. The molecular formula is C16H25N. The summed E-state index contributed by atoms with van der Waals surface area (Å²) >= 11 is 0. The molecule has 1 N–H and O–H groups in total. The van der Waals surface area contributed by atoms with Gasteiger partial charge in [0, 0.05) is 6.54 Å². The number of fused-ring (bicyclic) bond motifs is 1. The molecule has 94 valence electrons. The summed E-state index contributed by atoms with van der Waals surface area (Å²) in [6.45, 7) is 9.03. The van der Waals surface area contributed by atoms with Crippen LogP contribution in [-0.4, -0.2) is 13.1 Å². The Morgan fingerprint density at radius 1 is 1.18 bits per heavy atom. The van der Waals surface area contributed by atoms with Gasteiger partial charge < -0.3 is 5.32 Å². The molecule has 0 fully saturated rings. The molecular weight excluding hydrogens is 206 g/mol. The maximum Gasteiger partial charge on any atom is 0.000559 e. The molecule has 1 aromatic carbocycles. The first-order valence-corrected chi connectivity index (χ1v) is 6.92. The highest BCUT2D eigenvalue weighted by molar-refractivity contribution is 5.35. The molecule has 0 heterocycles. The van der Waals surface area contributed by atoms with E-state index in [0.717, 1.165) is 13.1 Å². The lowest BCUT2D eigenvalue weighted by Crippen LogP contribution is -2.31. The predicted octanol–water partition coefficient (Wildman–Crippen LogP) is 3.35. The van der Waals surface area contributed by atoms with Crippen LogP contribution in [0.3, 0.4) is 0 Å². The minimum atomic E-state index is 0.350. The van der Waals surface area contributed by atoms with Crippen molar-refractivity contribution in [3.63, 3.8) is 0 Å². The van der Waals surface area contributed by atoms with Gasteiger partial charge in [-0.1, -0.05) is 39.0 Å². The average Bonchev–Trinajstić information content (AvgIpc) is 2.73. The summed E-state index contributed by atoms with van der Waals surface area (Å²) < 4.78 is 0. The molecule has 0 aromatic heterocycles. The van der Waals surface area contributed by atoms with Gasteiger partial charge >= 0.3 is 0 Å². The zero-order valence-corrected chi connectivity index (χ0v) is 11.5. The maximum absolute atomic E-state index is 3.46. The molecule has 1 heteroatoms. The Labute approximate surface area is 106 Å². The van der Waals surface area contributed by atoms with Gasteiger partial charge in [-0.15, -0.1) is 0 Å². The highest BCUT2D eigenvalue weighted by Crippen LogP contribution is 2.26. The summed E-state index contributed by atoms with van der Waals surface area (Å²) in [7, 11) is 0.